The van der Waals surface area contributed by atoms with Crippen molar-refractivity contribution < 1.29 is 34.6 Å². The fourth-order valence-corrected chi connectivity index (χ4v) is 5.04. The predicted octanol–water partition coefficient (Wildman–Crippen LogP) is 4.39. The molecule has 1 fully saturated rings. The van der Waals surface area contributed by atoms with E-state index >= 15 is 0 Å². The number of phenolic OH excluding ortho intramolecular Hbond substituents is 1. The third kappa shape index (κ3) is 4.67. The summed E-state index contributed by atoms with van der Waals surface area (Å²) in [5.41, 5.74) is 1.74. The van der Waals surface area contributed by atoms with Gasteiger partial charge in [0, 0.05) is 5.56 Å². The zero-order valence-corrected chi connectivity index (χ0v) is 20.5. The molecule has 1 aliphatic rings. The van der Waals surface area contributed by atoms with Crippen LogP contribution in [0.25, 0.3) is 32.3 Å². The summed E-state index contributed by atoms with van der Waals surface area (Å²) in [5.74, 6) is 0.557. The molecule has 7 heteroatoms. The zero-order valence-electron chi connectivity index (χ0n) is 20.5. The lowest BCUT2D eigenvalue weighted by atomic mass is 9.97. The van der Waals surface area contributed by atoms with Gasteiger partial charge in [0.05, 0.1) is 19.8 Å². The molecule has 0 amide bonds. The summed E-state index contributed by atoms with van der Waals surface area (Å²) in [6, 6.07) is 27.4. The summed E-state index contributed by atoms with van der Waals surface area (Å²) in [6.45, 7) is 0.449. The number of rotatable bonds is 6. The minimum Gasteiger partial charge on any atom is -0.508 e. The Hall–Kier alpha value is -3.72. The molecule has 0 saturated carbocycles. The van der Waals surface area contributed by atoms with Crippen LogP contribution in [-0.4, -0.2) is 51.6 Å². The smallest absolute Gasteiger partial charge is 0.228 e. The molecule has 5 aromatic rings. The normalized spacial score (nSPS) is 21.8. The van der Waals surface area contributed by atoms with Gasteiger partial charge in [-0.05, 0) is 68.2 Å². The first-order valence-corrected chi connectivity index (χ1v) is 12.5. The van der Waals surface area contributed by atoms with E-state index in [0.717, 1.165) is 37.9 Å². The van der Waals surface area contributed by atoms with Crippen molar-refractivity contribution in [3.05, 3.63) is 96.1 Å². The number of aromatic hydroxyl groups is 1. The second-order valence-corrected chi connectivity index (χ2v) is 9.65. The van der Waals surface area contributed by atoms with Gasteiger partial charge in [-0.25, -0.2) is 0 Å². The number of hydrogen-bond donors (Lipinski definition) is 4. The maximum Gasteiger partial charge on any atom is 0.228 e. The summed E-state index contributed by atoms with van der Waals surface area (Å²) < 4.78 is 17.2. The lowest BCUT2D eigenvalue weighted by Crippen LogP contribution is -2.54. The maximum absolute atomic E-state index is 10.7. The number of aliphatic hydroxyl groups is 3. The first-order valence-electron chi connectivity index (χ1n) is 12.5. The van der Waals surface area contributed by atoms with E-state index in [4.69, 9.17) is 14.2 Å². The third-order valence-corrected chi connectivity index (χ3v) is 7.10. The second kappa shape index (κ2) is 10.2. The largest absolute Gasteiger partial charge is 0.508 e. The number of phenols is 1. The van der Waals surface area contributed by atoms with Crippen LogP contribution in [0.4, 0.5) is 0 Å². The molecular formula is C31H28O7. The molecular weight excluding hydrogens is 484 g/mol. The molecule has 0 bridgehead atoms. The average Bonchev–Trinajstić information content (AvgIpc) is 2.93. The molecule has 0 radical (unpaired) electrons. The Morgan fingerprint density at radius 3 is 2.16 bits per heavy atom. The van der Waals surface area contributed by atoms with Crippen LogP contribution in [0.5, 0.6) is 11.5 Å². The summed E-state index contributed by atoms with van der Waals surface area (Å²) >= 11 is 0. The second-order valence-electron chi connectivity index (χ2n) is 9.65. The number of fused-ring (bicyclic) bond motifs is 3. The van der Waals surface area contributed by atoms with Crippen molar-refractivity contribution >= 4 is 32.3 Å². The van der Waals surface area contributed by atoms with Gasteiger partial charge in [-0.2, -0.15) is 0 Å². The molecule has 1 aliphatic heterocycles. The highest BCUT2D eigenvalue weighted by Crippen LogP contribution is 2.32. The van der Waals surface area contributed by atoms with E-state index in [1.807, 2.05) is 30.3 Å². The van der Waals surface area contributed by atoms with Gasteiger partial charge in [-0.15, -0.1) is 0 Å². The van der Waals surface area contributed by atoms with Crippen molar-refractivity contribution in [3.8, 4) is 11.5 Å². The van der Waals surface area contributed by atoms with Crippen LogP contribution >= 0.6 is 0 Å². The minimum atomic E-state index is -1.39. The first-order chi connectivity index (χ1) is 18.5. The van der Waals surface area contributed by atoms with Gasteiger partial charge in [0.1, 0.15) is 29.8 Å². The summed E-state index contributed by atoms with van der Waals surface area (Å²) in [4.78, 5) is 0. The molecule has 38 heavy (non-hydrogen) atoms. The first kappa shape index (κ1) is 24.6. The standard InChI is InChI=1S/C31H28O7/c32-27-14-18-9-10-23(38-31-30(35)29(34)28(33)17-37-31)13-21(18)12-22(27)15-36-16-26-24-7-3-1-5-19(24)11-20-6-2-4-8-25(20)26/h1-14,28-35H,15-17H2/t28-,29+,30-,31+/m1/s1. The molecule has 1 heterocycles. The van der Waals surface area contributed by atoms with E-state index < -0.39 is 24.6 Å². The quantitative estimate of drug-likeness (QED) is 0.250. The molecule has 7 nitrogen and oxygen atoms in total. The van der Waals surface area contributed by atoms with Crippen molar-refractivity contribution in [2.45, 2.75) is 37.8 Å². The van der Waals surface area contributed by atoms with E-state index in [-0.39, 0.29) is 19.0 Å². The average molecular weight is 513 g/mol. The van der Waals surface area contributed by atoms with Crippen LogP contribution in [0.15, 0.2) is 84.9 Å². The van der Waals surface area contributed by atoms with Crippen molar-refractivity contribution in [3.63, 3.8) is 0 Å². The monoisotopic (exact) mass is 512 g/mol. The molecule has 6 rings (SSSR count). The number of benzene rings is 5. The van der Waals surface area contributed by atoms with E-state index in [1.165, 1.54) is 0 Å². The fraction of sp³-hybridized carbons (Fsp3) is 0.226. The van der Waals surface area contributed by atoms with E-state index in [0.29, 0.717) is 17.9 Å². The minimum absolute atomic E-state index is 0.136. The highest BCUT2D eigenvalue weighted by molar-refractivity contribution is 6.02. The van der Waals surface area contributed by atoms with Crippen LogP contribution in [-0.2, 0) is 22.7 Å². The van der Waals surface area contributed by atoms with Crippen molar-refractivity contribution in [1.29, 1.82) is 0 Å². The maximum atomic E-state index is 10.7. The zero-order chi connectivity index (χ0) is 26.2. The van der Waals surface area contributed by atoms with Gasteiger partial charge in [-0.3, -0.25) is 0 Å². The third-order valence-electron chi connectivity index (χ3n) is 7.10. The topological polar surface area (TPSA) is 109 Å². The lowest BCUT2D eigenvalue weighted by molar-refractivity contribution is -0.242. The Bertz CT molecular complexity index is 1560. The summed E-state index contributed by atoms with van der Waals surface area (Å²) in [7, 11) is 0. The highest BCUT2D eigenvalue weighted by atomic mass is 16.7. The van der Waals surface area contributed by atoms with Crippen LogP contribution in [0.2, 0.25) is 0 Å². The Morgan fingerprint density at radius 1 is 0.711 bits per heavy atom. The fourth-order valence-electron chi connectivity index (χ4n) is 5.04. The van der Waals surface area contributed by atoms with E-state index in [2.05, 4.69) is 30.3 Å². The van der Waals surface area contributed by atoms with Gasteiger partial charge >= 0.3 is 0 Å². The molecule has 5 aromatic carbocycles. The van der Waals surface area contributed by atoms with E-state index in [1.54, 1.807) is 24.3 Å². The van der Waals surface area contributed by atoms with Crippen molar-refractivity contribution in [2.75, 3.05) is 6.61 Å². The van der Waals surface area contributed by atoms with Gasteiger partial charge in [-0.1, -0.05) is 54.6 Å². The molecule has 1 saturated heterocycles. The van der Waals surface area contributed by atoms with Crippen molar-refractivity contribution in [2.24, 2.45) is 0 Å². The van der Waals surface area contributed by atoms with Crippen LogP contribution < -0.4 is 4.74 Å². The van der Waals surface area contributed by atoms with Gasteiger partial charge in [0.2, 0.25) is 6.29 Å². The molecule has 4 N–H and O–H groups in total. The van der Waals surface area contributed by atoms with Crippen LogP contribution in [0, 0.1) is 0 Å². The Balaban J connectivity index is 1.22. The Labute approximate surface area is 219 Å². The number of ether oxygens (including phenoxy) is 3. The summed E-state index contributed by atoms with van der Waals surface area (Å²) in [5, 5.41) is 46.6. The molecule has 0 spiro atoms. The van der Waals surface area contributed by atoms with Gasteiger partial charge in [0.15, 0.2) is 0 Å². The molecule has 4 atom stereocenters. The molecule has 194 valence electrons. The SMILES string of the molecule is Oc1cc2ccc(O[C@@H]3OC[C@@H](O)[C@H](O)[C@H]3O)cc2cc1COCc1c2ccccc2cc2ccccc12. The van der Waals surface area contributed by atoms with Crippen LogP contribution in [0.1, 0.15) is 11.1 Å². The van der Waals surface area contributed by atoms with Crippen LogP contribution in [0.3, 0.4) is 0 Å². The van der Waals surface area contributed by atoms with Crippen molar-refractivity contribution in [1.82, 2.24) is 0 Å². The Kier molecular flexibility index (Phi) is 6.61. The number of aliphatic hydroxyl groups excluding tert-OH is 3. The Morgan fingerprint density at radius 2 is 1.42 bits per heavy atom. The predicted molar refractivity (Wildman–Crippen MR) is 144 cm³/mol. The van der Waals surface area contributed by atoms with E-state index in [9.17, 15) is 20.4 Å². The molecule has 0 aromatic heterocycles. The molecule has 0 aliphatic carbocycles. The lowest BCUT2D eigenvalue weighted by Gasteiger charge is -2.34. The molecule has 0 unspecified atom stereocenters. The van der Waals surface area contributed by atoms with Gasteiger partial charge in [0.25, 0.3) is 0 Å². The number of hydrogen-bond acceptors (Lipinski definition) is 7. The van der Waals surface area contributed by atoms with Gasteiger partial charge < -0.3 is 34.6 Å². The summed E-state index contributed by atoms with van der Waals surface area (Å²) in [6.07, 6.45) is -5.02. The highest BCUT2D eigenvalue weighted by Gasteiger charge is 2.39.